The lowest BCUT2D eigenvalue weighted by Gasteiger charge is -2.28. The lowest BCUT2D eigenvalue weighted by atomic mass is 9.98. The molecule has 7 heteroatoms. The van der Waals surface area contributed by atoms with Gasteiger partial charge < -0.3 is 20.5 Å². The molecule has 3 N–H and O–H groups in total. The maximum absolute atomic E-state index is 14.7. The first-order valence-electron chi connectivity index (χ1n) is 15.8. The van der Waals surface area contributed by atoms with E-state index in [1.165, 1.54) is 12.1 Å². The number of amides is 1. The van der Waals surface area contributed by atoms with Crippen LogP contribution in [-0.2, 0) is 18.5 Å². The predicted octanol–water partition coefficient (Wildman–Crippen LogP) is 5.48. The first-order valence-corrected chi connectivity index (χ1v) is 15.8. The van der Waals surface area contributed by atoms with Gasteiger partial charge >= 0.3 is 0 Å². The van der Waals surface area contributed by atoms with Crippen molar-refractivity contribution < 1.29 is 19.0 Å². The zero-order valence-electron chi connectivity index (χ0n) is 25.9. The molecule has 0 saturated heterocycles. The number of hydrogen-bond donors (Lipinski definition) is 3. The van der Waals surface area contributed by atoms with Crippen LogP contribution in [-0.4, -0.2) is 54.3 Å². The highest BCUT2D eigenvalue weighted by molar-refractivity contribution is 5.94. The minimum atomic E-state index is -0.939. The van der Waals surface area contributed by atoms with Gasteiger partial charge in [0, 0.05) is 35.8 Å². The lowest BCUT2D eigenvalue weighted by molar-refractivity contribution is 0.0821. The second-order valence-electron chi connectivity index (χ2n) is 12.4. The number of hydrogen-bond acceptors (Lipinski definition) is 5. The second-order valence-corrected chi connectivity index (χ2v) is 12.4. The lowest BCUT2D eigenvalue weighted by Crippen LogP contribution is -2.50. The normalized spacial score (nSPS) is 19.6. The van der Waals surface area contributed by atoms with Crippen LogP contribution < -0.4 is 15.4 Å². The standard InChI is InChI=1S/C37H44FN3O3/c1-4-13-41-14-6-7-15-44-33-21-28(20-32(38)23-33)22-34(40-36(43)30-17-26(3)16-29(18-30)25-41)35(42)24-39-37(11-12-37)31-10-8-9-27(5-2)19-31/h2,8-10,16-21,23,34-35,39,42H,4,6-7,11-15,22,24-25H2,1,3H3,(H,40,43). The molecule has 1 aliphatic carbocycles. The molecule has 2 atom stereocenters. The molecular formula is C37H44FN3O3. The summed E-state index contributed by atoms with van der Waals surface area (Å²) in [6, 6.07) is 17.8. The Labute approximate surface area is 261 Å². The molecule has 5 rings (SSSR count). The van der Waals surface area contributed by atoms with Crippen LogP contribution >= 0.6 is 0 Å². The van der Waals surface area contributed by atoms with Gasteiger partial charge in [-0.15, -0.1) is 6.42 Å². The molecular weight excluding hydrogens is 553 g/mol. The SMILES string of the molecule is C#Cc1cccc(C2(NCC(O)C3Cc4cc(F)cc(c4)OCCCCN(CCC)Cc4cc(C)cc(c4)C(=O)N3)CC2)c1. The Morgan fingerprint density at radius 3 is 2.77 bits per heavy atom. The van der Waals surface area contributed by atoms with Crippen LogP contribution in [0.4, 0.5) is 4.39 Å². The monoisotopic (exact) mass is 597 g/mol. The van der Waals surface area contributed by atoms with Gasteiger partial charge in [0.25, 0.3) is 5.91 Å². The molecule has 1 heterocycles. The summed E-state index contributed by atoms with van der Waals surface area (Å²) in [7, 11) is 0. The molecule has 3 aromatic carbocycles. The van der Waals surface area contributed by atoms with E-state index >= 15 is 0 Å². The smallest absolute Gasteiger partial charge is 0.251 e. The van der Waals surface area contributed by atoms with E-state index in [-0.39, 0.29) is 24.4 Å². The van der Waals surface area contributed by atoms with Gasteiger partial charge in [0.05, 0.1) is 18.8 Å². The zero-order valence-corrected chi connectivity index (χ0v) is 25.9. The first-order chi connectivity index (χ1) is 21.3. The number of carbonyl (C=O) groups is 1. The highest BCUT2D eigenvalue weighted by atomic mass is 19.1. The van der Waals surface area contributed by atoms with Crippen LogP contribution in [0.1, 0.15) is 77.2 Å². The van der Waals surface area contributed by atoms with E-state index < -0.39 is 18.0 Å². The van der Waals surface area contributed by atoms with Gasteiger partial charge in [0.2, 0.25) is 0 Å². The molecule has 0 aromatic heterocycles. The third-order valence-electron chi connectivity index (χ3n) is 8.63. The molecule has 0 spiro atoms. The van der Waals surface area contributed by atoms with Crippen LogP contribution in [0.5, 0.6) is 5.75 Å². The fourth-order valence-electron chi connectivity index (χ4n) is 6.21. The van der Waals surface area contributed by atoms with Crippen LogP contribution in [0.15, 0.2) is 60.7 Å². The van der Waals surface area contributed by atoms with Crippen molar-refractivity contribution in [3.63, 3.8) is 0 Å². The fraction of sp³-hybridized carbons (Fsp3) is 0.432. The van der Waals surface area contributed by atoms with Gasteiger partial charge in [-0.3, -0.25) is 9.69 Å². The van der Waals surface area contributed by atoms with Crippen LogP contribution in [0.3, 0.4) is 0 Å². The van der Waals surface area contributed by atoms with Crippen molar-refractivity contribution in [1.29, 1.82) is 0 Å². The molecule has 2 aliphatic rings. The summed E-state index contributed by atoms with van der Waals surface area (Å²) >= 11 is 0. The maximum atomic E-state index is 14.7. The Balaban J connectivity index is 1.41. The first kappa shape index (κ1) is 31.7. The molecule has 1 amide bonds. The fourth-order valence-corrected chi connectivity index (χ4v) is 6.21. The van der Waals surface area contributed by atoms with Gasteiger partial charge in [0.1, 0.15) is 11.6 Å². The molecule has 1 aliphatic heterocycles. The van der Waals surface area contributed by atoms with Gasteiger partial charge in [-0.1, -0.05) is 36.6 Å². The summed E-state index contributed by atoms with van der Waals surface area (Å²) in [5.41, 5.74) is 4.94. The van der Waals surface area contributed by atoms with Crippen molar-refractivity contribution in [2.24, 2.45) is 0 Å². The second kappa shape index (κ2) is 14.4. The molecule has 3 aromatic rings. The van der Waals surface area contributed by atoms with Gasteiger partial charge in [-0.2, -0.15) is 0 Å². The van der Waals surface area contributed by atoms with Crippen molar-refractivity contribution in [2.45, 2.75) is 76.6 Å². The number of fused-ring (bicyclic) bond motifs is 4. The van der Waals surface area contributed by atoms with Crippen LogP contribution in [0.25, 0.3) is 0 Å². The number of aliphatic hydroxyl groups excluding tert-OH is 1. The number of rotatable bonds is 7. The highest BCUT2D eigenvalue weighted by Crippen LogP contribution is 2.45. The number of nitrogens with one attached hydrogen (secondary N) is 2. The number of terminal acetylenes is 1. The predicted molar refractivity (Wildman–Crippen MR) is 172 cm³/mol. The van der Waals surface area contributed by atoms with E-state index in [2.05, 4.69) is 40.5 Å². The molecule has 0 radical (unpaired) electrons. The minimum absolute atomic E-state index is 0.241. The van der Waals surface area contributed by atoms with Crippen molar-refractivity contribution in [1.82, 2.24) is 15.5 Å². The quantitative estimate of drug-likeness (QED) is 0.315. The highest BCUT2D eigenvalue weighted by Gasteiger charge is 2.44. The Morgan fingerprint density at radius 1 is 1.16 bits per heavy atom. The number of nitrogens with zero attached hydrogens (tertiary/aromatic N) is 1. The largest absolute Gasteiger partial charge is 0.493 e. The Bertz CT molecular complexity index is 1500. The van der Waals surface area contributed by atoms with E-state index in [1.54, 1.807) is 0 Å². The van der Waals surface area contributed by atoms with Crippen molar-refractivity contribution in [2.75, 3.05) is 26.2 Å². The van der Waals surface area contributed by atoms with Gasteiger partial charge in [-0.05, 0) is 112 Å². The minimum Gasteiger partial charge on any atom is -0.493 e. The summed E-state index contributed by atoms with van der Waals surface area (Å²) in [6.45, 7) is 7.53. The molecule has 2 unspecified atom stereocenters. The number of halogens is 1. The van der Waals surface area contributed by atoms with E-state index in [0.717, 1.165) is 74.0 Å². The van der Waals surface area contributed by atoms with E-state index in [9.17, 15) is 14.3 Å². The van der Waals surface area contributed by atoms with Crippen molar-refractivity contribution in [3.05, 3.63) is 99.9 Å². The Hall–Kier alpha value is -3.70. The Morgan fingerprint density at radius 2 is 2.00 bits per heavy atom. The molecule has 6 nitrogen and oxygen atoms in total. The Kier molecular flexibility index (Phi) is 10.4. The number of aliphatic hydroxyl groups is 1. The average molecular weight is 598 g/mol. The number of carbonyl (C=O) groups excluding carboxylic acids is 1. The van der Waals surface area contributed by atoms with Crippen LogP contribution in [0.2, 0.25) is 0 Å². The molecule has 232 valence electrons. The number of ether oxygens (including phenoxy) is 1. The van der Waals surface area contributed by atoms with Crippen molar-refractivity contribution in [3.8, 4) is 18.1 Å². The van der Waals surface area contributed by atoms with E-state index in [4.69, 9.17) is 11.2 Å². The van der Waals surface area contributed by atoms with Gasteiger partial charge in [0.15, 0.2) is 0 Å². The maximum Gasteiger partial charge on any atom is 0.251 e. The van der Waals surface area contributed by atoms with E-state index in [0.29, 0.717) is 23.5 Å². The number of aryl methyl sites for hydroxylation is 1. The summed E-state index contributed by atoms with van der Waals surface area (Å²) in [5.74, 6) is 2.49. The summed E-state index contributed by atoms with van der Waals surface area (Å²) in [5, 5.41) is 18.2. The third kappa shape index (κ3) is 8.26. The summed E-state index contributed by atoms with van der Waals surface area (Å²) in [4.78, 5) is 16.1. The summed E-state index contributed by atoms with van der Waals surface area (Å²) < 4.78 is 20.7. The number of benzene rings is 3. The zero-order chi connectivity index (χ0) is 31.1. The molecule has 1 saturated carbocycles. The topological polar surface area (TPSA) is 73.8 Å². The van der Waals surface area contributed by atoms with Crippen molar-refractivity contribution >= 4 is 5.91 Å². The molecule has 1 fully saturated rings. The average Bonchev–Trinajstić information content (AvgIpc) is 3.80. The molecule has 44 heavy (non-hydrogen) atoms. The van der Waals surface area contributed by atoms with Crippen LogP contribution in [0, 0.1) is 25.1 Å². The van der Waals surface area contributed by atoms with E-state index in [1.807, 2.05) is 43.3 Å². The van der Waals surface area contributed by atoms with Gasteiger partial charge in [-0.25, -0.2) is 4.39 Å². The third-order valence-corrected chi connectivity index (χ3v) is 8.63. The molecule has 4 bridgehead atoms. The summed E-state index contributed by atoms with van der Waals surface area (Å²) in [6.07, 6.45) is 9.63.